The van der Waals surface area contributed by atoms with Crippen molar-refractivity contribution >= 4 is 11.8 Å². The molecule has 5 nitrogen and oxygen atoms in total. The van der Waals surface area contributed by atoms with E-state index >= 15 is 0 Å². The number of methoxy groups -OCH3 is 1. The average Bonchev–Trinajstić information content (AvgIpc) is 3.16. The van der Waals surface area contributed by atoms with Gasteiger partial charge in [-0.1, -0.05) is 6.92 Å². The van der Waals surface area contributed by atoms with Crippen LogP contribution in [-0.4, -0.2) is 42.5 Å². The maximum absolute atomic E-state index is 13.2. The third-order valence-corrected chi connectivity index (χ3v) is 7.49. The fourth-order valence-corrected chi connectivity index (χ4v) is 5.57. The van der Waals surface area contributed by atoms with Gasteiger partial charge in [0.2, 0.25) is 5.91 Å². The fraction of sp³-hybridized carbons (Fsp3) is 0.652. The first-order valence-electron chi connectivity index (χ1n) is 10.8. The number of nitrogens with one attached hydrogen (secondary N) is 1. The van der Waals surface area contributed by atoms with Gasteiger partial charge in [0.05, 0.1) is 13.2 Å². The van der Waals surface area contributed by atoms with E-state index in [0.29, 0.717) is 11.8 Å². The summed E-state index contributed by atoms with van der Waals surface area (Å²) in [6.45, 7) is 2.96. The van der Waals surface area contributed by atoms with Gasteiger partial charge in [-0.05, 0) is 80.5 Å². The molecular formula is C23H30N2O3. The molecule has 28 heavy (non-hydrogen) atoms. The summed E-state index contributed by atoms with van der Waals surface area (Å²) < 4.78 is 5.45. The average molecular weight is 383 g/mol. The molecule has 3 unspecified atom stereocenters. The fourth-order valence-electron chi connectivity index (χ4n) is 5.57. The van der Waals surface area contributed by atoms with Gasteiger partial charge in [0.1, 0.15) is 5.75 Å². The molecule has 3 atom stereocenters. The Bertz CT molecular complexity index is 829. The molecule has 1 aromatic carbocycles. The minimum absolute atomic E-state index is 0.000340. The quantitative estimate of drug-likeness (QED) is 0.871. The molecule has 1 aliphatic heterocycles. The zero-order valence-electron chi connectivity index (χ0n) is 16.9. The third kappa shape index (κ3) is 2.90. The van der Waals surface area contributed by atoms with Crippen LogP contribution in [0.15, 0.2) is 12.1 Å². The highest BCUT2D eigenvalue weighted by molar-refractivity contribution is 5.97. The van der Waals surface area contributed by atoms with Gasteiger partial charge in [-0.3, -0.25) is 9.59 Å². The van der Waals surface area contributed by atoms with Gasteiger partial charge in [0.25, 0.3) is 5.91 Å². The Balaban J connectivity index is 1.36. The van der Waals surface area contributed by atoms with Crippen LogP contribution in [-0.2, 0) is 17.6 Å². The Morgan fingerprint density at radius 2 is 1.96 bits per heavy atom. The van der Waals surface area contributed by atoms with Gasteiger partial charge >= 0.3 is 0 Å². The van der Waals surface area contributed by atoms with Crippen molar-refractivity contribution in [2.75, 3.05) is 13.7 Å². The highest BCUT2D eigenvalue weighted by atomic mass is 16.5. The van der Waals surface area contributed by atoms with E-state index in [4.69, 9.17) is 4.74 Å². The zero-order chi connectivity index (χ0) is 19.5. The topological polar surface area (TPSA) is 58.6 Å². The molecule has 0 aromatic heterocycles. The second kappa shape index (κ2) is 6.50. The van der Waals surface area contributed by atoms with Crippen LogP contribution >= 0.6 is 0 Å². The summed E-state index contributed by atoms with van der Waals surface area (Å²) in [5.41, 5.74) is 3.07. The van der Waals surface area contributed by atoms with Gasteiger partial charge in [-0.15, -0.1) is 0 Å². The highest BCUT2D eigenvalue weighted by Crippen LogP contribution is 2.49. The number of fused-ring (bicyclic) bond motifs is 3. The Morgan fingerprint density at radius 3 is 2.68 bits per heavy atom. The normalized spacial score (nSPS) is 29.4. The van der Waals surface area contributed by atoms with E-state index in [-0.39, 0.29) is 23.4 Å². The molecule has 3 fully saturated rings. The predicted molar refractivity (Wildman–Crippen MR) is 106 cm³/mol. The van der Waals surface area contributed by atoms with Crippen molar-refractivity contribution in [3.8, 4) is 5.75 Å². The lowest BCUT2D eigenvalue weighted by atomic mass is 9.87. The lowest BCUT2D eigenvalue weighted by Gasteiger charge is -2.35. The summed E-state index contributed by atoms with van der Waals surface area (Å²) >= 11 is 0. The zero-order valence-corrected chi connectivity index (χ0v) is 16.9. The van der Waals surface area contributed by atoms with Crippen molar-refractivity contribution in [1.82, 2.24) is 10.2 Å². The molecule has 2 amide bonds. The van der Waals surface area contributed by atoms with Gasteiger partial charge in [-0.2, -0.15) is 0 Å². The number of hydrogen-bond donors (Lipinski definition) is 1. The molecule has 0 spiro atoms. The number of aryl methyl sites for hydroxylation is 1. The molecule has 3 aliphatic carbocycles. The first-order chi connectivity index (χ1) is 13.5. The monoisotopic (exact) mass is 382 g/mol. The first kappa shape index (κ1) is 18.0. The molecule has 5 heteroatoms. The van der Waals surface area contributed by atoms with Crippen molar-refractivity contribution in [2.45, 2.75) is 70.4 Å². The number of nitrogens with zero attached hydrogens (tertiary/aromatic N) is 1. The van der Waals surface area contributed by atoms with Crippen LogP contribution in [0.2, 0.25) is 0 Å². The number of hydrogen-bond acceptors (Lipinski definition) is 3. The summed E-state index contributed by atoms with van der Waals surface area (Å²) in [5, 5.41) is 3.30. The molecule has 1 saturated heterocycles. The number of carbonyl (C=O) groups is 2. The summed E-state index contributed by atoms with van der Waals surface area (Å²) in [5.74, 6) is 1.59. The van der Waals surface area contributed by atoms with Crippen molar-refractivity contribution in [3.63, 3.8) is 0 Å². The summed E-state index contributed by atoms with van der Waals surface area (Å²) in [6.07, 6.45) is 8.31. The number of rotatable bonds is 4. The molecule has 2 saturated carbocycles. The van der Waals surface area contributed by atoms with Crippen LogP contribution in [0.25, 0.3) is 0 Å². The van der Waals surface area contributed by atoms with E-state index in [2.05, 4.69) is 23.2 Å². The SMILES string of the molecule is COc1cc2c(c(C(=O)NC3CC4CC3N(C(=O)C3(C)CC3)C4)c1)CCCC2. The van der Waals surface area contributed by atoms with E-state index in [1.165, 1.54) is 17.5 Å². The third-order valence-electron chi connectivity index (χ3n) is 7.49. The maximum atomic E-state index is 13.2. The van der Waals surface area contributed by atoms with E-state index in [1.54, 1.807) is 7.11 Å². The summed E-state index contributed by atoms with van der Waals surface area (Å²) in [7, 11) is 1.66. The Hall–Kier alpha value is -2.04. The molecule has 0 radical (unpaired) electrons. The van der Waals surface area contributed by atoms with Crippen molar-refractivity contribution in [3.05, 3.63) is 28.8 Å². The minimum Gasteiger partial charge on any atom is -0.497 e. The number of carbonyl (C=O) groups excluding carboxylic acids is 2. The summed E-state index contributed by atoms with van der Waals surface area (Å²) in [6, 6.07) is 4.21. The number of likely N-dealkylation sites (tertiary alicyclic amines) is 1. The molecule has 5 rings (SSSR count). The molecule has 4 aliphatic rings. The van der Waals surface area contributed by atoms with Crippen LogP contribution in [0.3, 0.4) is 0 Å². The van der Waals surface area contributed by atoms with E-state index in [9.17, 15) is 9.59 Å². The van der Waals surface area contributed by atoms with Gasteiger partial charge in [0.15, 0.2) is 0 Å². The van der Waals surface area contributed by atoms with Crippen LogP contribution < -0.4 is 10.1 Å². The van der Waals surface area contributed by atoms with E-state index in [1.807, 2.05) is 6.07 Å². The van der Waals surface area contributed by atoms with E-state index in [0.717, 1.165) is 62.8 Å². The molecule has 2 bridgehead atoms. The minimum atomic E-state index is -0.134. The van der Waals surface area contributed by atoms with Crippen molar-refractivity contribution in [1.29, 1.82) is 0 Å². The predicted octanol–water partition coefficient (Wildman–Crippen LogP) is 3.09. The van der Waals surface area contributed by atoms with Gasteiger partial charge in [0, 0.05) is 23.6 Å². The van der Waals surface area contributed by atoms with Crippen LogP contribution in [0, 0.1) is 11.3 Å². The van der Waals surface area contributed by atoms with Crippen LogP contribution in [0.4, 0.5) is 0 Å². The second-order valence-electron chi connectivity index (χ2n) is 9.52. The Labute approximate surface area is 166 Å². The molecule has 150 valence electrons. The Morgan fingerprint density at radius 1 is 1.18 bits per heavy atom. The lowest BCUT2D eigenvalue weighted by Crippen LogP contribution is -2.53. The summed E-state index contributed by atoms with van der Waals surface area (Å²) in [4.78, 5) is 28.2. The first-order valence-corrected chi connectivity index (χ1v) is 10.8. The molecule has 1 aromatic rings. The smallest absolute Gasteiger partial charge is 0.251 e. The van der Waals surface area contributed by atoms with E-state index < -0.39 is 0 Å². The van der Waals surface area contributed by atoms with Gasteiger partial charge in [-0.25, -0.2) is 0 Å². The van der Waals surface area contributed by atoms with Crippen LogP contribution in [0.5, 0.6) is 5.75 Å². The highest BCUT2D eigenvalue weighted by Gasteiger charge is 2.54. The molecular weight excluding hydrogens is 352 g/mol. The van der Waals surface area contributed by atoms with Gasteiger partial charge < -0.3 is 15.0 Å². The number of piperidine rings is 1. The van der Waals surface area contributed by atoms with Crippen LogP contribution in [0.1, 0.15) is 66.9 Å². The van der Waals surface area contributed by atoms with Crippen molar-refractivity contribution in [2.24, 2.45) is 11.3 Å². The second-order valence-corrected chi connectivity index (χ2v) is 9.52. The Kier molecular flexibility index (Phi) is 4.18. The number of amides is 2. The molecule has 1 N–H and O–H groups in total. The maximum Gasteiger partial charge on any atom is 0.251 e. The number of benzene rings is 1. The lowest BCUT2D eigenvalue weighted by molar-refractivity contribution is -0.138. The standard InChI is InChI=1S/C23H30N2O3/c1-23(7-8-23)22(27)25-13-14-9-19(20(25)10-14)24-21(26)18-12-16(28-2)11-15-5-3-4-6-17(15)18/h11-12,14,19-20H,3-10,13H2,1-2H3,(H,24,26). The molecule has 1 heterocycles. The number of ether oxygens (including phenoxy) is 1. The van der Waals surface area contributed by atoms with Crippen molar-refractivity contribution < 1.29 is 14.3 Å². The largest absolute Gasteiger partial charge is 0.497 e.